The van der Waals surface area contributed by atoms with Gasteiger partial charge in [0.25, 0.3) is 0 Å². The molecule has 0 aliphatic carbocycles. The molecule has 6 heteroatoms. The molecule has 0 aliphatic heterocycles. The Bertz CT molecular complexity index is 351. The molecule has 0 N–H and O–H groups in total. The quantitative estimate of drug-likeness (QED) is 0.698. The maximum absolute atomic E-state index is 11.1. The number of ether oxygens (including phenoxy) is 1. The lowest BCUT2D eigenvalue weighted by molar-refractivity contribution is 0.399. The van der Waals surface area contributed by atoms with Crippen molar-refractivity contribution in [2.24, 2.45) is 0 Å². The van der Waals surface area contributed by atoms with Crippen LogP contribution in [-0.2, 0) is 14.3 Å². The lowest BCUT2D eigenvalue weighted by atomic mass is 10.6. The highest BCUT2D eigenvalue weighted by atomic mass is 32.3. The van der Waals surface area contributed by atoms with Crippen molar-refractivity contribution in [2.75, 3.05) is 14.2 Å². The van der Waals surface area contributed by atoms with E-state index in [1.54, 1.807) is 6.07 Å². The average Bonchev–Trinajstić information content (AvgIpc) is 2.52. The zero-order valence-electron chi connectivity index (χ0n) is 6.60. The Labute approximate surface area is 74.9 Å². The molecule has 12 heavy (non-hydrogen) atoms. The van der Waals surface area contributed by atoms with Gasteiger partial charge < -0.3 is 4.74 Å². The number of rotatable bonds is 3. The molecule has 0 fully saturated rings. The Kier molecular flexibility index (Phi) is 2.71. The van der Waals surface area contributed by atoms with Gasteiger partial charge in [0.05, 0.1) is 14.2 Å². The van der Waals surface area contributed by atoms with E-state index in [1.807, 2.05) is 0 Å². The van der Waals surface area contributed by atoms with E-state index < -0.39 is 10.1 Å². The fourth-order valence-corrected chi connectivity index (χ4v) is 2.44. The summed E-state index contributed by atoms with van der Waals surface area (Å²) >= 11 is 1.03. The van der Waals surface area contributed by atoms with E-state index in [2.05, 4.69) is 4.18 Å². The van der Waals surface area contributed by atoms with E-state index in [4.69, 9.17) is 4.74 Å². The van der Waals surface area contributed by atoms with Gasteiger partial charge >= 0.3 is 10.1 Å². The molecule has 0 radical (unpaired) electrons. The Morgan fingerprint density at radius 1 is 1.33 bits per heavy atom. The van der Waals surface area contributed by atoms with Crippen LogP contribution < -0.4 is 4.74 Å². The fraction of sp³-hybridized carbons (Fsp3) is 0.333. The molecular formula is C6H8O4S2. The number of methoxy groups -OCH3 is 1. The monoisotopic (exact) mass is 208 g/mol. The predicted molar refractivity (Wildman–Crippen MR) is 45.1 cm³/mol. The minimum atomic E-state index is -3.55. The first-order valence-electron chi connectivity index (χ1n) is 3.04. The van der Waals surface area contributed by atoms with Gasteiger partial charge in [-0.25, -0.2) is 0 Å². The highest BCUT2D eigenvalue weighted by Crippen LogP contribution is 2.28. The molecule has 1 aromatic heterocycles. The summed E-state index contributed by atoms with van der Waals surface area (Å²) in [4.78, 5) is 0. The van der Waals surface area contributed by atoms with Crippen molar-refractivity contribution in [3.63, 3.8) is 0 Å². The predicted octanol–water partition coefficient (Wildman–Crippen LogP) is 1.09. The second kappa shape index (κ2) is 3.42. The van der Waals surface area contributed by atoms with Crippen LogP contribution in [0.15, 0.2) is 16.3 Å². The van der Waals surface area contributed by atoms with Gasteiger partial charge in [-0.05, 0) is 12.1 Å². The van der Waals surface area contributed by atoms with E-state index in [0.717, 1.165) is 18.4 Å². The second-order valence-corrected chi connectivity index (χ2v) is 4.88. The van der Waals surface area contributed by atoms with Crippen LogP contribution in [0.2, 0.25) is 0 Å². The maximum Gasteiger partial charge on any atom is 0.306 e. The molecule has 0 saturated heterocycles. The van der Waals surface area contributed by atoms with Gasteiger partial charge in [-0.15, -0.1) is 0 Å². The summed E-state index contributed by atoms with van der Waals surface area (Å²) in [6, 6.07) is 3.03. The van der Waals surface area contributed by atoms with Crippen molar-refractivity contribution in [2.45, 2.75) is 4.21 Å². The van der Waals surface area contributed by atoms with Crippen LogP contribution in [0.4, 0.5) is 0 Å². The molecule has 0 spiro atoms. The molecule has 68 valence electrons. The SMILES string of the molecule is COc1ccc(S(=O)(=O)OC)s1. The van der Waals surface area contributed by atoms with Gasteiger partial charge in [-0.1, -0.05) is 11.3 Å². The van der Waals surface area contributed by atoms with E-state index in [-0.39, 0.29) is 4.21 Å². The van der Waals surface area contributed by atoms with Gasteiger partial charge in [0.2, 0.25) is 0 Å². The highest BCUT2D eigenvalue weighted by Gasteiger charge is 2.15. The molecular weight excluding hydrogens is 200 g/mol. The molecule has 0 saturated carbocycles. The van der Waals surface area contributed by atoms with E-state index in [9.17, 15) is 8.42 Å². The molecule has 0 aliphatic rings. The minimum Gasteiger partial charge on any atom is -0.487 e. The zero-order valence-corrected chi connectivity index (χ0v) is 8.24. The number of thiophene rings is 1. The average molecular weight is 208 g/mol. The maximum atomic E-state index is 11.1. The third-order valence-electron chi connectivity index (χ3n) is 1.22. The first-order valence-corrected chi connectivity index (χ1v) is 5.27. The Morgan fingerprint density at radius 2 is 2.00 bits per heavy atom. The van der Waals surface area contributed by atoms with E-state index in [1.165, 1.54) is 13.2 Å². The largest absolute Gasteiger partial charge is 0.487 e. The molecule has 4 nitrogen and oxygen atoms in total. The van der Waals surface area contributed by atoms with Crippen LogP contribution in [0.5, 0.6) is 5.06 Å². The van der Waals surface area contributed by atoms with Crippen LogP contribution in [0.1, 0.15) is 0 Å². The molecule has 0 aromatic carbocycles. The minimum absolute atomic E-state index is 0.154. The van der Waals surface area contributed by atoms with Crippen LogP contribution >= 0.6 is 11.3 Å². The molecule has 0 amide bonds. The van der Waals surface area contributed by atoms with E-state index >= 15 is 0 Å². The molecule has 0 bridgehead atoms. The molecule has 0 unspecified atom stereocenters. The van der Waals surface area contributed by atoms with Gasteiger partial charge in [0.15, 0.2) is 5.06 Å². The van der Waals surface area contributed by atoms with Crippen LogP contribution in [0, 0.1) is 0 Å². The van der Waals surface area contributed by atoms with E-state index in [0.29, 0.717) is 5.06 Å². The summed E-state index contributed by atoms with van der Waals surface area (Å²) in [7, 11) is -0.941. The van der Waals surface area contributed by atoms with Crippen molar-refractivity contribution in [3.8, 4) is 5.06 Å². The Morgan fingerprint density at radius 3 is 2.42 bits per heavy atom. The third kappa shape index (κ3) is 1.77. The molecule has 1 aromatic rings. The van der Waals surface area contributed by atoms with Crippen LogP contribution in [-0.4, -0.2) is 22.6 Å². The number of hydrogen-bond donors (Lipinski definition) is 0. The van der Waals surface area contributed by atoms with Gasteiger partial charge in [0.1, 0.15) is 4.21 Å². The normalized spacial score (nSPS) is 11.5. The number of hydrogen-bond acceptors (Lipinski definition) is 5. The summed E-state index contributed by atoms with van der Waals surface area (Å²) in [5.41, 5.74) is 0. The van der Waals surface area contributed by atoms with Gasteiger partial charge in [0, 0.05) is 0 Å². The first kappa shape index (κ1) is 9.50. The van der Waals surface area contributed by atoms with Crippen molar-refractivity contribution < 1.29 is 17.3 Å². The summed E-state index contributed by atoms with van der Waals surface area (Å²) in [5, 5.41) is 0.547. The van der Waals surface area contributed by atoms with Crippen molar-refractivity contribution in [1.29, 1.82) is 0 Å². The topological polar surface area (TPSA) is 52.6 Å². The molecule has 0 atom stereocenters. The lowest BCUT2D eigenvalue weighted by Gasteiger charge is -1.94. The molecule has 1 heterocycles. The highest BCUT2D eigenvalue weighted by molar-refractivity contribution is 7.89. The van der Waals surface area contributed by atoms with Gasteiger partial charge in [-0.3, -0.25) is 4.18 Å². The van der Waals surface area contributed by atoms with Gasteiger partial charge in [-0.2, -0.15) is 8.42 Å². The van der Waals surface area contributed by atoms with Crippen molar-refractivity contribution >= 4 is 21.5 Å². The Balaban J connectivity index is 3.05. The summed E-state index contributed by atoms with van der Waals surface area (Å²) in [5.74, 6) is 0. The second-order valence-electron chi connectivity index (χ2n) is 1.90. The van der Waals surface area contributed by atoms with Crippen molar-refractivity contribution in [1.82, 2.24) is 0 Å². The smallest absolute Gasteiger partial charge is 0.306 e. The zero-order chi connectivity index (χ0) is 9.19. The fourth-order valence-electron chi connectivity index (χ4n) is 0.629. The standard InChI is InChI=1S/C6H8O4S2/c1-9-5-3-4-6(11-5)12(7,8)10-2/h3-4H,1-2H3. The van der Waals surface area contributed by atoms with Crippen LogP contribution in [0.3, 0.4) is 0 Å². The Hall–Kier alpha value is -0.590. The molecule has 1 rings (SSSR count). The summed E-state index contributed by atoms with van der Waals surface area (Å²) in [6.45, 7) is 0. The summed E-state index contributed by atoms with van der Waals surface area (Å²) < 4.78 is 31.4. The lowest BCUT2D eigenvalue weighted by Crippen LogP contribution is -1.99. The summed E-state index contributed by atoms with van der Waals surface area (Å²) in [6.07, 6.45) is 0. The van der Waals surface area contributed by atoms with Crippen molar-refractivity contribution in [3.05, 3.63) is 12.1 Å². The van der Waals surface area contributed by atoms with Crippen LogP contribution in [0.25, 0.3) is 0 Å². The third-order valence-corrected chi connectivity index (χ3v) is 3.99. The first-order chi connectivity index (χ1) is 5.60.